The molecule has 0 aliphatic rings. The first-order valence-electron chi connectivity index (χ1n) is 5.31. The molecule has 0 radical (unpaired) electrons. The van der Waals surface area contributed by atoms with Gasteiger partial charge < -0.3 is 9.84 Å². The molecule has 0 saturated heterocycles. The van der Waals surface area contributed by atoms with Crippen LogP contribution < -0.4 is 4.74 Å². The van der Waals surface area contributed by atoms with Crippen LogP contribution in [0, 0.1) is 10.1 Å². The van der Waals surface area contributed by atoms with Crippen molar-refractivity contribution in [2.24, 2.45) is 0 Å². The second kappa shape index (κ2) is 5.18. The molecule has 0 spiro atoms. The van der Waals surface area contributed by atoms with Gasteiger partial charge >= 0.3 is 5.69 Å². The first-order chi connectivity index (χ1) is 8.68. The smallest absolute Gasteiger partial charge is 0.314 e. The molecule has 0 unspecified atom stereocenters. The van der Waals surface area contributed by atoms with Crippen LogP contribution in [0.4, 0.5) is 5.69 Å². The van der Waals surface area contributed by atoms with Gasteiger partial charge in [0.1, 0.15) is 6.61 Å². The van der Waals surface area contributed by atoms with E-state index in [1.54, 1.807) is 0 Å². The molecule has 0 aliphatic heterocycles. The summed E-state index contributed by atoms with van der Waals surface area (Å²) >= 11 is 0. The summed E-state index contributed by atoms with van der Waals surface area (Å²) in [6.07, 6.45) is 0. The molecule has 2 rings (SSSR count). The van der Waals surface area contributed by atoms with Gasteiger partial charge in [-0.25, -0.2) is 0 Å². The van der Waals surface area contributed by atoms with Crippen LogP contribution in [0.1, 0.15) is 5.56 Å². The van der Waals surface area contributed by atoms with Gasteiger partial charge in [0.15, 0.2) is 5.75 Å². The van der Waals surface area contributed by atoms with Crippen LogP contribution in [0.3, 0.4) is 0 Å². The molecular formula is C13H11NO4. The van der Waals surface area contributed by atoms with Gasteiger partial charge in [-0.3, -0.25) is 10.1 Å². The third kappa shape index (κ3) is 2.57. The number of aromatic hydroxyl groups is 1. The molecule has 0 bridgehead atoms. The maximum absolute atomic E-state index is 10.8. The highest BCUT2D eigenvalue weighted by Crippen LogP contribution is 2.36. The van der Waals surface area contributed by atoms with Crippen molar-refractivity contribution >= 4 is 5.69 Å². The topological polar surface area (TPSA) is 72.6 Å². The highest BCUT2D eigenvalue weighted by atomic mass is 16.6. The highest BCUT2D eigenvalue weighted by molar-refractivity contribution is 5.54. The van der Waals surface area contributed by atoms with Gasteiger partial charge in [0.05, 0.1) is 4.92 Å². The van der Waals surface area contributed by atoms with Crippen molar-refractivity contribution in [1.82, 2.24) is 0 Å². The number of phenols is 1. The van der Waals surface area contributed by atoms with Gasteiger partial charge in [-0.05, 0) is 11.6 Å². The fourth-order valence-corrected chi connectivity index (χ4v) is 1.53. The van der Waals surface area contributed by atoms with E-state index in [4.69, 9.17) is 4.74 Å². The first-order valence-corrected chi connectivity index (χ1v) is 5.31. The van der Waals surface area contributed by atoms with Crippen LogP contribution in [-0.4, -0.2) is 10.0 Å². The monoisotopic (exact) mass is 245 g/mol. The molecule has 0 aromatic heterocycles. The molecule has 1 N–H and O–H groups in total. The average Bonchev–Trinajstić information content (AvgIpc) is 2.38. The summed E-state index contributed by atoms with van der Waals surface area (Å²) in [5, 5.41) is 20.4. The van der Waals surface area contributed by atoms with Crippen molar-refractivity contribution in [3.05, 3.63) is 64.2 Å². The summed E-state index contributed by atoms with van der Waals surface area (Å²) in [6, 6.07) is 13.3. The Morgan fingerprint density at radius 1 is 1.11 bits per heavy atom. The molecular weight excluding hydrogens is 234 g/mol. The Morgan fingerprint density at radius 3 is 2.50 bits per heavy atom. The number of nitro benzene ring substituents is 1. The van der Waals surface area contributed by atoms with Gasteiger partial charge in [-0.2, -0.15) is 0 Å². The van der Waals surface area contributed by atoms with Crippen molar-refractivity contribution in [3.8, 4) is 11.5 Å². The van der Waals surface area contributed by atoms with E-state index in [0.29, 0.717) is 0 Å². The minimum Gasteiger partial charge on any atom is -0.504 e. The fourth-order valence-electron chi connectivity index (χ4n) is 1.53. The Labute approximate surface area is 103 Å². The van der Waals surface area contributed by atoms with Gasteiger partial charge in [0, 0.05) is 6.07 Å². The largest absolute Gasteiger partial charge is 0.504 e. The van der Waals surface area contributed by atoms with E-state index >= 15 is 0 Å². The number of rotatable bonds is 4. The number of benzene rings is 2. The van der Waals surface area contributed by atoms with Gasteiger partial charge in [0.2, 0.25) is 5.75 Å². The predicted molar refractivity (Wildman–Crippen MR) is 65.5 cm³/mol. The molecule has 18 heavy (non-hydrogen) atoms. The molecule has 0 fully saturated rings. The van der Waals surface area contributed by atoms with Crippen molar-refractivity contribution in [2.45, 2.75) is 6.61 Å². The Kier molecular flexibility index (Phi) is 3.43. The van der Waals surface area contributed by atoms with Gasteiger partial charge in [-0.15, -0.1) is 0 Å². The zero-order chi connectivity index (χ0) is 13.0. The van der Waals surface area contributed by atoms with Gasteiger partial charge in [0.25, 0.3) is 0 Å². The molecule has 92 valence electrons. The predicted octanol–water partition coefficient (Wildman–Crippen LogP) is 2.88. The Hall–Kier alpha value is -2.56. The Bertz CT molecular complexity index is 554. The van der Waals surface area contributed by atoms with Crippen molar-refractivity contribution in [2.75, 3.05) is 0 Å². The van der Waals surface area contributed by atoms with Gasteiger partial charge in [-0.1, -0.05) is 36.4 Å². The SMILES string of the molecule is O=[N+]([O-])c1cccc(O)c1OCc1ccccc1. The summed E-state index contributed by atoms with van der Waals surface area (Å²) in [7, 11) is 0. The molecule has 2 aromatic rings. The highest BCUT2D eigenvalue weighted by Gasteiger charge is 2.18. The normalized spacial score (nSPS) is 10.0. The zero-order valence-electron chi connectivity index (χ0n) is 9.45. The van der Waals surface area contributed by atoms with E-state index < -0.39 is 4.92 Å². The standard InChI is InChI=1S/C13H11NO4/c15-12-8-4-7-11(14(16)17)13(12)18-9-10-5-2-1-3-6-10/h1-8,15H,9H2. The van der Waals surface area contributed by atoms with Crippen LogP contribution in [0.2, 0.25) is 0 Å². The fraction of sp³-hybridized carbons (Fsp3) is 0.0769. The summed E-state index contributed by atoms with van der Waals surface area (Å²) in [6.45, 7) is 0.166. The lowest BCUT2D eigenvalue weighted by Gasteiger charge is -2.08. The molecule has 0 saturated carbocycles. The molecule has 0 heterocycles. The number of nitrogens with zero attached hydrogens (tertiary/aromatic N) is 1. The molecule has 0 amide bonds. The van der Waals surface area contributed by atoms with Crippen LogP contribution >= 0.6 is 0 Å². The zero-order valence-corrected chi connectivity index (χ0v) is 9.45. The average molecular weight is 245 g/mol. The summed E-state index contributed by atoms with van der Waals surface area (Å²) in [4.78, 5) is 10.2. The quantitative estimate of drug-likeness (QED) is 0.664. The molecule has 0 atom stereocenters. The number of phenolic OH excluding ortho intramolecular Hbond substituents is 1. The first kappa shape index (κ1) is 11.9. The van der Waals surface area contributed by atoms with Crippen LogP contribution in [0.5, 0.6) is 11.5 Å². The minimum absolute atomic E-state index is 0.105. The van der Waals surface area contributed by atoms with Crippen molar-refractivity contribution in [1.29, 1.82) is 0 Å². The van der Waals surface area contributed by atoms with Crippen molar-refractivity contribution < 1.29 is 14.8 Å². The number of ether oxygens (including phenoxy) is 1. The van der Waals surface area contributed by atoms with Crippen LogP contribution in [0.25, 0.3) is 0 Å². The molecule has 0 aliphatic carbocycles. The summed E-state index contributed by atoms with van der Waals surface area (Å²) < 4.78 is 5.32. The third-order valence-corrected chi connectivity index (χ3v) is 2.40. The van der Waals surface area contributed by atoms with E-state index in [-0.39, 0.29) is 23.8 Å². The van der Waals surface area contributed by atoms with E-state index in [1.807, 2.05) is 30.3 Å². The number of hydrogen-bond acceptors (Lipinski definition) is 4. The lowest BCUT2D eigenvalue weighted by atomic mass is 10.2. The third-order valence-electron chi connectivity index (χ3n) is 2.40. The van der Waals surface area contributed by atoms with E-state index in [9.17, 15) is 15.2 Å². The second-order valence-corrected chi connectivity index (χ2v) is 3.66. The molecule has 5 heteroatoms. The number of hydrogen-bond donors (Lipinski definition) is 1. The van der Waals surface area contributed by atoms with E-state index in [2.05, 4.69) is 0 Å². The number of para-hydroxylation sites is 1. The van der Waals surface area contributed by atoms with Crippen LogP contribution in [0.15, 0.2) is 48.5 Å². The Balaban J connectivity index is 2.21. The maximum atomic E-state index is 10.8. The molecule has 2 aromatic carbocycles. The van der Waals surface area contributed by atoms with E-state index in [0.717, 1.165) is 5.56 Å². The second-order valence-electron chi connectivity index (χ2n) is 3.66. The lowest BCUT2D eigenvalue weighted by molar-refractivity contribution is -0.386. The maximum Gasteiger partial charge on any atom is 0.314 e. The van der Waals surface area contributed by atoms with Crippen LogP contribution in [-0.2, 0) is 6.61 Å². The summed E-state index contributed by atoms with van der Waals surface area (Å²) in [5.74, 6) is -0.341. The van der Waals surface area contributed by atoms with E-state index in [1.165, 1.54) is 18.2 Å². The van der Waals surface area contributed by atoms with Crippen molar-refractivity contribution in [3.63, 3.8) is 0 Å². The number of nitro groups is 1. The lowest BCUT2D eigenvalue weighted by Crippen LogP contribution is -1.99. The summed E-state index contributed by atoms with van der Waals surface area (Å²) in [5.41, 5.74) is 0.626. The minimum atomic E-state index is -0.583. The Morgan fingerprint density at radius 2 is 1.83 bits per heavy atom. The molecule has 5 nitrogen and oxygen atoms in total.